The molecular weight excluding hydrogens is 285 g/mol. The zero-order valence-corrected chi connectivity index (χ0v) is 11.9. The Hall–Kier alpha value is -2.69. The first kappa shape index (κ1) is 15.7. The Morgan fingerprint density at radius 3 is 2.41 bits per heavy atom. The maximum atomic E-state index is 13.4. The first-order valence-corrected chi connectivity index (χ1v) is 6.87. The number of aliphatic carboxylic acids is 1. The minimum Gasteiger partial charge on any atom is -0.481 e. The van der Waals surface area contributed by atoms with Gasteiger partial charge in [0.25, 0.3) is 0 Å². The summed E-state index contributed by atoms with van der Waals surface area (Å²) in [6.07, 6.45) is -0.126. The minimum atomic E-state index is -0.964. The zero-order valence-electron chi connectivity index (χ0n) is 11.9. The molecule has 2 aromatic carbocycles. The summed E-state index contributed by atoms with van der Waals surface area (Å²) in [5.74, 6) is -1.53. The van der Waals surface area contributed by atoms with E-state index in [2.05, 4.69) is 0 Å². The largest absolute Gasteiger partial charge is 0.481 e. The SMILES string of the molecule is O=C(O)CCN(CC(=O)c1ccccc1)c1cccc(F)c1. The van der Waals surface area contributed by atoms with Gasteiger partial charge in [-0.1, -0.05) is 36.4 Å². The molecule has 0 aliphatic carbocycles. The van der Waals surface area contributed by atoms with Crippen molar-refractivity contribution in [1.29, 1.82) is 0 Å². The van der Waals surface area contributed by atoms with Gasteiger partial charge in [0.2, 0.25) is 0 Å². The van der Waals surface area contributed by atoms with E-state index >= 15 is 0 Å². The van der Waals surface area contributed by atoms with E-state index in [0.717, 1.165) is 0 Å². The zero-order chi connectivity index (χ0) is 15.9. The van der Waals surface area contributed by atoms with E-state index in [9.17, 15) is 14.0 Å². The molecule has 2 aromatic rings. The summed E-state index contributed by atoms with van der Waals surface area (Å²) in [5.41, 5.74) is 1.03. The van der Waals surface area contributed by atoms with Crippen LogP contribution in [0.1, 0.15) is 16.8 Å². The van der Waals surface area contributed by atoms with Crippen LogP contribution < -0.4 is 4.90 Å². The number of anilines is 1. The number of hydrogen-bond donors (Lipinski definition) is 1. The van der Waals surface area contributed by atoms with Crippen molar-refractivity contribution in [1.82, 2.24) is 0 Å². The summed E-state index contributed by atoms with van der Waals surface area (Å²) in [4.78, 5) is 24.6. The van der Waals surface area contributed by atoms with Gasteiger partial charge < -0.3 is 10.0 Å². The van der Waals surface area contributed by atoms with Crippen molar-refractivity contribution in [2.45, 2.75) is 6.42 Å². The van der Waals surface area contributed by atoms with Crippen LogP contribution in [0.3, 0.4) is 0 Å². The van der Waals surface area contributed by atoms with Crippen molar-refractivity contribution >= 4 is 17.4 Å². The van der Waals surface area contributed by atoms with E-state index in [1.807, 2.05) is 6.07 Å². The Bertz CT molecular complexity index is 658. The normalized spacial score (nSPS) is 10.2. The highest BCUT2D eigenvalue weighted by Crippen LogP contribution is 2.17. The Kier molecular flexibility index (Phi) is 5.25. The summed E-state index contributed by atoms with van der Waals surface area (Å²) >= 11 is 0. The third kappa shape index (κ3) is 4.41. The molecule has 0 saturated heterocycles. The molecule has 2 rings (SSSR count). The van der Waals surface area contributed by atoms with Crippen LogP contribution in [0.15, 0.2) is 54.6 Å². The highest BCUT2D eigenvalue weighted by molar-refractivity contribution is 5.99. The number of carbonyl (C=O) groups is 2. The van der Waals surface area contributed by atoms with Gasteiger partial charge in [0, 0.05) is 17.8 Å². The monoisotopic (exact) mass is 301 g/mol. The average Bonchev–Trinajstić information content (AvgIpc) is 2.52. The smallest absolute Gasteiger partial charge is 0.305 e. The lowest BCUT2D eigenvalue weighted by Crippen LogP contribution is -2.32. The van der Waals surface area contributed by atoms with Crippen LogP contribution in [-0.2, 0) is 4.79 Å². The number of Topliss-reactive ketones (excluding diaryl/α,β-unsaturated/α-hetero) is 1. The van der Waals surface area contributed by atoms with Crippen molar-refractivity contribution < 1.29 is 19.1 Å². The average molecular weight is 301 g/mol. The topological polar surface area (TPSA) is 57.6 Å². The second kappa shape index (κ2) is 7.36. The number of hydrogen-bond acceptors (Lipinski definition) is 3. The van der Waals surface area contributed by atoms with E-state index in [4.69, 9.17) is 5.11 Å². The van der Waals surface area contributed by atoms with E-state index in [1.165, 1.54) is 18.2 Å². The van der Waals surface area contributed by atoms with Gasteiger partial charge in [0.1, 0.15) is 5.82 Å². The van der Waals surface area contributed by atoms with Crippen molar-refractivity contribution in [3.8, 4) is 0 Å². The van der Waals surface area contributed by atoms with Crippen LogP contribution in [0.5, 0.6) is 0 Å². The first-order chi connectivity index (χ1) is 10.6. The second-order valence-electron chi connectivity index (χ2n) is 4.83. The molecule has 0 heterocycles. The lowest BCUT2D eigenvalue weighted by Gasteiger charge is -2.23. The maximum Gasteiger partial charge on any atom is 0.305 e. The number of rotatable bonds is 7. The van der Waals surface area contributed by atoms with Crippen LogP contribution in [0.4, 0.5) is 10.1 Å². The Morgan fingerprint density at radius 2 is 1.77 bits per heavy atom. The summed E-state index contributed by atoms with van der Waals surface area (Å²) in [6.45, 7) is 0.137. The fourth-order valence-electron chi connectivity index (χ4n) is 2.09. The van der Waals surface area contributed by atoms with Gasteiger partial charge in [0.15, 0.2) is 5.78 Å². The molecule has 4 nitrogen and oxygen atoms in total. The molecule has 0 unspecified atom stereocenters. The van der Waals surface area contributed by atoms with E-state index < -0.39 is 11.8 Å². The molecular formula is C17H16FNO3. The molecule has 0 amide bonds. The maximum absolute atomic E-state index is 13.4. The van der Waals surface area contributed by atoms with Crippen LogP contribution in [-0.4, -0.2) is 29.9 Å². The number of nitrogens with zero attached hydrogens (tertiary/aromatic N) is 1. The molecule has 0 atom stereocenters. The fraction of sp³-hybridized carbons (Fsp3) is 0.176. The number of ketones is 1. The molecule has 0 fully saturated rings. The molecule has 0 aliphatic heterocycles. The molecule has 0 saturated carbocycles. The van der Waals surface area contributed by atoms with Crippen molar-refractivity contribution in [2.24, 2.45) is 0 Å². The summed E-state index contributed by atoms with van der Waals surface area (Å²) < 4.78 is 13.4. The number of halogens is 1. The number of carbonyl (C=O) groups excluding carboxylic acids is 1. The Morgan fingerprint density at radius 1 is 1.05 bits per heavy atom. The van der Waals surface area contributed by atoms with Crippen molar-refractivity contribution in [3.05, 3.63) is 66.0 Å². The van der Waals surface area contributed by atoms with E-state index in [1.54, 1.807) is 35.2 Å². The Balaban J connectivity index is 2.17. The Labute approximate surface area is 127 Å². The molecule has 22 heavy (non-hydrogen) atoms. The quantitative estimate of drug-likeness (QED) is 0.799. The predicted octanol–water partition coefficient (Wildman–Crippen LogP) is 2.99. The standard InChI is InChI=1S/C17H16FNO3/c18-14-7-4-8-15(11-14)19(10-9-17(21)22)12-16(20)13-5-2-1-3-6-13/h1-8,11H,9-10,12H2,(H,21,22). The molecule has 0 spiro atoms. The highest BCUT2D eigenvalue weighted by Gasteiger charge is 2.15. The van der Waals surface area contributed by atoms with Crippen molar-refractivity contribution in [3.63, 3.8) is 0 Å². The van der Waals surface area contributed by atoms with E-state index in [0.29, 0.717) is 11.3 Å². The van der Waals surface area contributed by atoms with Gasteiger partial charge in [-0.2, -0.15) is 0 Å². The molecule has 0 aromatic heterocycles. The van der Waals surface area contributed by atoms with Crippen LogP contribution in [0.25, 0.3) is 0 Å². The van der Waals surface area contributed by atoms with Gasteiger partial charge >= 0.3 is 5.97 Å². The van der Waals surface area contributed by atoms with Gasteiger partial charge in [0.05, 0.1) is 13.0 Å². The van der Waals surface area contributed by atoms with Gasteiger partial charge in [-0.05, 0) is 18.2 Å². The number of carboxylic acid groups (broad SMARTS) is 1. The lowest BCUT2D eigenvalue weighted by molar-refractivity contribution is -0.136. The minimum absolute atomic E-state index is 0.000741. The van der Waals surface area contributed by atoms with E-state index in [-0.39, 0.29) is 25.3 Å². The van der Waals surface area contributed by atoms with Crippen LogP contribution >= 0.6 is 0 Å². The molecule has 0 bridgehead atoms. The van der Waals surface area contributed by atoms with Crippen molar-refractivity contribution in [2.75, 3.05) is 18.0 Å². The summed E-state index contributed by atoms with van der Waals surface area (Å²) in [6, 6.07) is 14.5. The second-order valence-corrected chi connectivity index (χ2v) is 4.83. The highest BCUT2D eigenvalue weighted by atomic mass is 19.1. The third-order valence-electron chi connectivity index (χ3n) is 3.20. The summed E-state index contributed by atoms with van der Waals surface area (Å²) in [5, 5.41) is 8.83. The molecule has 5 heteroatoms. The molecule has 114 valence electrons. The van der Waals surface area contributed by atoms with Crippen LogP contribution in [0, 0.1) is 5.82 Å². The van der Waals surface area contributed by atoms with Gasteiger partial charge in [-0.15, -0.1) is 0 Å². The number of benzene rings is 2. The number of carboxylic acids is 1. The van der Waals surface area contributed by atoms with Gasteiger partial charge in [-0.3, -0.25) is 9.59 Å². The lowest BCUT2D eigenvalue weighted by atomic mass is 10.1. The summed E-state index contributed by atoms with van der Waals surface area (Å²) in [7, 11) is 0. The molecule has 0 radical (unpaired) electrons. The van der Waals surface area contributed by atoms with Gasteiger partial charge in [-0.25, -0.2) is 4.39 Å². The third-order valence-corrected chi connectivity index (χ3v) is 3.20. The fourth-order valence-corrected chi connectivity index (χ4v) is 2.09. The molecule has 1 N–H and O–H groups in total. The molecule has 0 aliphatic rings. The predicted molar refractivity (Wildman–Crippen MR) is 81.6 cm³/mol. The first-order valence-electron chi connectivity index (χ1n) is 6.87. The van der Waals surface area contributed by atoms with Crippen LogP contribution in [0.2, 0.25) is 0 Å².